The Bertz CT molecular complexity index is 1180. The molecular formula is C27H36N3O6P. The quantitative estimate of drug-likeness (QED) is 0.111. The van der Waals surface area contributed by atoms with Crippen molar-refractivity contribution in [2.45, 2.75) is 66.0 Å². The first-order chi connectivity index (χ1) is 17.9. The summed E-state index contributed by atoms with van der Waals surface area (Å²) in [7, 11) is -3.93. The molecule has 0 bridgehead atoms. The summed E-state index contributed by atoms with van der Waals surface area (Å²) in [4.78, 5) is 16.6. The van der Waals surface area contributed by atoms with Crippen molar-refractivity contribution < 1.29 is 27.7 Å². The Kier molecular flexibility index (Phi) is 10.9. The number of aldehydes is 1. The molecule has 2 aromatic heterocycles. The maximum atomic E-state index is 13.3. The first-order valence-electron chi connectivity index (χ1n) is 12.7. The van der Waals surface area contributed by atoms with Crippen LogP contribution in [-0.2, 0) is 20.2 Å². The Labute approximate surface area is 218 Å². The van der Waals surface area contributed by atoms with E-state index < -0.39 is 7.82 Å². The molecule has 9 nitrogen and oxygen atoms in total. The van der Waals surface area contributed by atoms with E-state index in [4.69, 9.17) is 18.3 Å². The van der Waals surface area contributed by atoms with Gasteiger partial charge in [0, 0.05) is 24.0 Å². The number of ether oxygens (including phenoxy) is 1. The largest absolute Gasteiger partial charge is 0.530 e. The zero-order chi connectivity index (χ0) is 26.7. The maximum Gasteiger partial charge on any atom is 0.530 e. The van der Waals surface area contributed by atoms with Crippen LogP contribution in [0.25, 0.3) is 11.4 Å². The van der Waals surface area contributed by atoms with Gasteiger partial charge in [0.1, 0.15) is 18.1 Å². The zero-order valence-electron chi connectivity index (χ0n) is 22.0. The van der Waals surface area contributed by atoms with Crippen LogP contribution in [0, 0.1) is 0 Å². The van der Waals surface area contributed by atoms with Crippen molar-refractivity contribution in [2.24, 2.45) is 0 Å². The predicted octanol–water partition coefficient (Wildman–Crippen LogP) is 7.04. The van der Waals surface area contributed by atoms with Crippen molar-refractivity contribution in [1.82, 2.24) is 14.8 Å². The molecule has 0 atom stereocenters. The molecule has 37 heavy (non-hydrogen) atoms. The van der Waals surface area contributed by atoms with E-state index in [0.29, 0.717) is 19.1 Å². The topological polar surface area (TPSA) is 102 Å². The fraction of sp³-hybridized carbons (Fsp3) is 0.444. The van der Waals surface area contributed by atoms with Crippen LogP contribution in [0.1, 0.15) is 75.3 Å². The van der Waals surface area contributed by atoms with Crippen molar-refractivity contribution in [1.29, 1.82) is 0 Å². The highest BCUT2D eigenvalue weighted by Crippen LogP contribution is 2.51. The number of carbonyl (C=O) groups is 1. The van der Waals surface area contributed by atoms with Gasteiger partial charge >= 0.3 is 7.82 Å². The van der Waals surface area contributed by atoms with Crippen molar-refractivity contribution >= 4 is 14.1 Å². The van der Waals surface area contributed by atoms with Gasteiger partial charge in [-0.3, -0.25) is 23.5 Å². The molecule has 0 saturated carbocycles. The summed E-state index contributed by atoms with van der Waals surface area (Å²) < 4.78 is 38.0. The Morgan fingerprint density at radius 2 is 1.68 bits per heavy atom. The lowest BCUT2D eigenvalue weighted by molar-refractivity contribution is 0.111. The van der Waals surface area contributed by atoms with Crippen LogP contribution >= 0.6 is 7.82 Å². The molecule has 2 heterocycles. The van der Waals surface area contributed by atoms with E-state index >= 15 is 0 Å². The second-order valence-electron chi connectivity index (χ2n) is 8.75. The van der Waals surface area contributed by atoms with Crippen molar-refractivity contribution in [3.05, 3.63) is 59.9 Å². The van der Waals surface area contributed by atoms with Crippen LogP contribution in [0.15, 0.2) is 48.8 Å². The number of pyridine rings is 1. The Morgan fingerprint density at radius 1 is 0.973 bits per heavy atom. The minimum Gasteiger partial charge on any atom is -0.488 e. The number of hydrogen-bond donors (Lipinski definition) is 0. The molecule has 0 radical (unpaired) electrons. The summed E-state index contributed by atoms with van der Waals surface area (Å²) in [6, 6.07) is 10.7. The van der Waals surface area contributed by atoms with Crippen LogP contribution in [0.4, 0.5) is 0 Å². The third-order valence-corrected chi connectivity index (χ3v) is 6.94. The molecular weight excluding hydrogens is 493 g/mol. The minimum absolute atomic E-state index is 0.0770. The first-order valence-corrected chi connectivity index (χ1v) is 14.2. The molecule has 0 aliphatic heterocycles. The van der Waals surface area contributed by atoms with E-state index in [1.807, 2.05) is 50.6 Å². The van der Waals surface area contributed by atoms with Gasteiger partial charge in [-0.2, -0.15) is 5.10 Å². The molecule has 3 aromatic rings. The fourth-order valence-electron chi connectivity index (χ4n) is 3.55. The Morgan fingerprint density at radius 3 is 2.32 bits per heavy atom. The summed E-state index contributed by atoms with van der Waals surface area (Å²) in [6.45, 7) is 8.70. The molecule has 0 N–H and O–H groups in total. The van der Waals surface area contributed by atoms with Crippen LogP contribution in [-0.4, -0.2) is 34.3 Å². The minimum atomic E-state index is -3.93. The summed E-state index contributed by atoms with van der Waals surface area (Å²) >= 11 is 0. The van der Waals surface area contributed by atoms with Gasteiger partial charge < -0.3 is 9.26 Å². The van der Waals surface area contributed by atoms with Gasteiger partial charge in [-0.15, -0.1) is 0 Å². The molecule has 0 unspecified atom stereocenters. The van der Waals surface area contributed by atoms with Gasteiger partial charge in [0.05, 0.1) is 30.2 Å². The number of hydrogen-bond acceptors (Lipinski definition) is 8. The van der Waals surface area contributed by atoms with Crippen LogP contribution in [0.5, 0.6) is 11.5 Å². The number of aromatic nitrogens is 3. The van der Waals surface area contributed by atoms with Crippen LogP contribution in [0.2, 0.25) is 0 Å². The van der Waals surface area contributed by atoms with Crippen LogP contribution in [0.3, 0.4) is 0 Å². The van der Waals surface area contributed by atoms with Gasteiger partial charge in [-0.05, 0) is 51.0 Å². The van der Waals surface area contributed by atoms with E-state index in [2.05, 4.69) is 10.1 Å². The number of carbonyl (C=O) groups excluding carboxylic acids is 1. The Hall–Kier alpha value is -3.00. The molecule has 0 aliphatic carbocycles. The Balaban J connectivity index is 1.83. The molecule has 0 spiro atoms. The predicted molar refractivity (Wildman–Crippen MR) is 142 cm³/mol. The van der Waals surface area contributed by atoms with Gasteiger partial charge in [0.2, 0.25) is 0 Å². The molecule has 200 valence electrons. The average molecular weight is 530 g/mol. The number of rotatable bonds is 16. The van der Waals surface area contributed by atoms with Gasteiger partial charge in [0.25, 0.3) is 0 Å². The van der Waals surface area contributed by atoms with E-state index in [1.165, 1.54) is 0 Å². The maximum absolute atomic E-state index is 13.3. The summed E-state index contributed by atoms with van der Waals surface area (Å²) in [5.74, 6) is 0.362. The molecule has 0 amide bonds. The second kappa shape index (κ2) is 14.1. The van der Waals surface area contributed by atoms with E-state index in [1.54, 1.807) is 30.6 Å². The highest BCUT2D eigenvalue weighted by Gasteiger charge is 2.30. The van der Waals surface area contributed by atoms with E-state index in [9.17, 15) is 9.36 Å². The number of phosphoric acid groups is 1. The lowest BCUT2D eigenvalue weighted by Gasteiger charge is -2.20. The summed E-state index contributed by atoms with van der Waals surface area (Å²) in [6.07, 6.45) is 7.22. The number of benzene rings is 1. The molecule has 10 heteroatoms. The van der Waals surface area contributed by atoms with E-state index in [-0.39, 0.29) is 42.9 Å². The fourth-order valence-corrected chi connectivity index (χ4v) is 4.84. The molecule has 0 saturated heterocycles. The smallest absolute Gasteiger partial charge is 0.488 e. The second-order valence-corrected chi connectivity index (χ2v) is 10.3. The van der Waals surface area contributed by atoms with Gasteiger partial charge in [-0.25, -0.2) is 4.57 Å². The molecule has 3 rings (SSSR count). The van der Waals surface area contributed by atoms with Crippen molar-refractivity contribution in [3.8, 4) is 22.9 Å². The highest BCUT2D eigenvalue weighted by molar-refractivity contribution is 7.48. The molecule has 0 fully saturated rings. The van der Waals surface area contributed by atoms with Gasteiger partial charge in [-0.1, -0.05) is 38.8 Å². The first kappa shape index (κ1) is 28.6. The zero-order valence-corrected chi connectivity index (χ0v) is 22.9. The standard InChI is InChI=1S/C27H36N3O6P/c1-5-7-17-34-37(32,35-18-8-6-2)36-26-13-9-12-25(23(26)19-31)33-20-22-11-10-15-28-27(22)24-14-16-29-30(24)21(3)4/h9-16,19,21H,5-8,17-18,20H2,1-4H3. The number of phosphoric ester groups is 1. The highest BCUT2D eigenvalue weighted by atomic mass is 31.2. The lowest BCUT2D eigenvalue weighted by atomic mass is 10.1. The van der Waals surface area contributed by atoms with Crippen molar-refractivity contribution in [3.63, 3.8) is 0 Å². The van der Waals surface area contributed by atoms with Gasteiger partial charge in [0.15, 0.2) is 6.29 Å². The molecule has 1 aromatic carbocycles. The van der Waals surface area contributed by atoms with E-state index in [0.717, 1.165) is 29.8 Å². The SMILES string of the molecule is CCCCOP(=O)(OCCCC)Oc1cccc(OCc2cccnc2-c2ccnn2C(C)C)c1C=O. The summed E-state index contributed by atoms with van der Waals surface area (Å²) in [5.41, 5.74) is 2.56. The van der Waals surface area contributed by atoms with Crippen molar-refractivity contribution in [2.75, 3.05) is 13.2 Å². The third kappa shape index (κ3) is 7.74. The summed E-state index contributed by atoms with van der Waals surface area (Å²) in [5, 5.41) is 4.40. The monoisotopic (exact) mass is 529 g/mol. The normalized spacial score (nSPS) is 11.6. The number of unbranched alkanes of at least 4 members (excludes halogenated alkanes) is 2. The third-order valence-electron chi connectivity index (χ3n) is 5.53. The average Bonchev–Trinajstić information content (AvgIpc) is 3.38. The molecule has 0 aliphatic rings. The van der Waals surface area contributed by atoms with Crippen LogP contribution < -0.4 is 9.26 Å². The lowest BCUT2D eigenvalue weighted by Crippen LogP contribution is -2.08. The number of nitrogens with zero attached hydrogens (tertiary/aromatic N) is 3.